The van der Waals surface area contributed by atoms with Crippen LogP contribution in [0.1, 0.15) is 18.0 Å². The van der Waals surface area contributed by atoms with Crippen molar-refractivity contribution in [2.75, 3.05) is 0 Å². The minimum absolute atomic E-state index is 0.105. The highest BCUT2D eigenvalue weighted by atomic mass is 32.2. The Balaban J connectivity index is 1.39. The molecule has 4 aromatic heterocycles. The van der Waals surface area contributed by atoms with Crippen LogP contribution in [0.5, 0.6) is 0 Å². The van der Waals surface area contributed by atoms with Gasteiger partial charge in [-0.3, -0.25) is 9.20 Å². The number of thioether (sulfide) groups is 1. The zero-order chi connectivity index (χ0) is 20.9. The van der Waals surface area contributed by atoms with Gasteiger partial charge in [-0.2, -0.15) is 0 Å². The molecule has 0 bridgehead atoms. The van der Waals surface area contributed by atoms with E-state index in [-0.39, 0.29) is 10.8 Å². The summed E-state index contributed by atoms with van der Waals surface area (Å²) in [5.41, 5.74) is 3.71. The Morgan fingerprint density at radius 2 is 1.87 bits per heavy atom. The predicted octanol–water partition coefficient (Wildman–Crippen LogP) is 5.03. The first-order valence-electron chi connectivity index (χ1n) is 9.74. The average molecular weight is 445 g/mol. The zero-order valence-electron chi connectivity index (χ0n) is 16.4. The van der Waals surface area contributed by atoms with Crippen molar-refractivity contribution in [3.8, 4) is 11.1 Å². The van der Waals surface area contributed by atoms with Crippen molar-refractivity contribution in [2.24, 2.45) is 0 Å². The lowest BCUT2D eigenvalue weighted by Crippen LogP contribution is -2.12. The highest BCUT2D eigenvalue weighted by molar-refractivity contribution is 7.99. The summed E-state index contributed by atoms with van der Waals surface area (Å²) in [6.45, 7) is 2.01. The SMILES string of the molecule is CC(Sc1n[nH]c2nc3ccccc3n12)c1nc2scc(-c3ccccc3)c2c(=O)[nH]1. The largest absolute Gasteiger partial charge is 0.309 e. The summed E-state index contributed by atoms with van der Waals surface area (Å²) < 4.78 is 1.99. The van der Waals surface area contributed by atoms with Crippen molar-refractivity contribution >= 4 is 50.1 Å². The summed E-state index contributed by atoms with van der Waals surface area (Å²) in [5.74, 6) is 1.32. The van der Waals surface area contributed by atoms with Gasteiger partial charge in [-0.05, 0) is 24.6 Å². The summed E-state index contributed by atoms with van der Waals surface area (Å²) >= 11 is 3.02. The normalized spacial score (nSPS) is 12.8. The standard InChI is InChI=1S/C22H16N6OS2/c1-12(31-22-27-26-21-23-15-9-5-6-10-16(15)28(21)22)18-24-19(29)17-14(11-30-20(17)25-18)13-7-3-2-4-8-13/h2-12H,1H3,(H,23,26)(H,24,25,29). The third kappa shape index (κ3) is 2.96. The fraction of sp³-hybridized carbons (Fsp3) is 0.0909. The number of nitrogens with zero attached hydrogens (tertiary/aromatic N) is 4. The molecule has 152 valence electrons. The van der Waals surface area contributed by atoms with Gasteiger partial charge in [0.2, 0.25) is 5.78 Å². The quantitative estimate of drug-likeness (QED) is 0.372. The van der Waals surface area contributed by atoms with Crippen molar-refractivity contribution in [1.29, 1.82) is 0 Å². The number of thiophene rings is 1. The number of imidazole rings is 1. The number of nitrogens with one attached hydrogen (secondary N) is 2. The van der Waals surface area contributed by atoms with Gasteiger partial charge in [-0.1, -0.05) is 54.2 Å². The molecule has 0 aliphatic carbocycles. The molecule has 2 aromatic carbocycles. The van der Waals surface area contributed by atoms with Gasteiger partial charge in [0.1, 0.15) is 10.7 Å². The highest BCUT2D eigenvalue weighted by Crippen LogP contribution is 2.35. The van der Waals surface area contributed by atoms with Crippen LogP contribution >= 0.6 is 23.1 Å². The van der Waals surface area contributed by atoms with E-state index in [9.17, 15) is 4.79 Å². The van der Waals surface area contributed by atoms with E-state index in [0.717, 1.165) is 32.1 Å². The van der Waals surface area contributed by atoms with Crippen molar-refractivity contribution in [1.82, 2.24) is 29.5 Å². The Kier molecular flexibility index (Phi) is 4.18. The predicted molar refractivity (Wildman–Crippen MR) is 125 cm³/mol. The lowest BCUT2D eigenvalue weighted by atomic mass is 10.1. The minimum atomic E-state index is -0.118. The van der Waals surface area contributed by atoms with E-state index in [1.54, 1.807) is 0 Å². The van der Waals surface area contributed by atoms with Gasteiger partial charge in [0, 0.05) is 10.9 Å². The molecular weight excluding hydrogens is 428 g/mol. The maximum absolute atomic E-state index is 13.0. The molecule has 0 fully saturated rings. The van der Waals surface area contributed by atoms with E-state index in [4.69, 9.17) is 4.98 Å². The van der Waals surface area contributed by atoms with Gasteiger partial charge in [-0.25, -0.2) is 15.1 Å². The first-order valence-corrected chi connectivity index (χ1v) is 11.5. The molecule has 4 heterocycles. The third-order valence-corrected chi connectivity index (χ3v) is 7.15. The molecule has 7 nitrogen and oxygen atoms in total. The van der Waals surface area contributed by atoms with E-state index in [1.165, 1.54) is 23.1 Å². The lowest BCUT2D eigenvalue weighted by molar-refractivity contribution is 0.894. The highest BCUT2D eigenvalue weighted by Gasteiger charge is 2.20. The number of aromatic amines is 2. The summed E-state index contributed by atoms with van der Waals surface area (Å²) in [6.07, 6.45) is 0. The second-order valence-electron chi connectivity index (χ2n) is 7.17. The lowest BCUT2D eigenvalue weighted by Gasteiger charge is -2.09. The van der Waals surface area contributed by atoms with Gasteiger partial charge < -0.3 is 4.98 Å². The van der Waals surface area contributed by atoms with Crippen LogP contribution in [0.25, 0.3) is 38.2 Å². The molecule has 0 radical (unpaired) electrons. The van der Waals surface area contributed by atoms with Crippen LogP contribution in [0.3, 0.4) is 0 Å². The van der Waals surface area contributed by atoms with E-state index in [2.05, 4.69) is 20.2 Å². The van der Waals surface area contributed by atoms with E-state index >= 15 is 0 Å². The van der Waals surface area contributed by atoms with Crippen LogP contribution in [-0.4, -0.2) is 29.5 Å². The maximum Gasteiger partial charge on any atom is 0.260 e. The molecule has 6 aromatic rings. The van der Waals surface area contributed by atoms with E-state index < -0.39 is 0 Å². The van der Waals surface area contributed by atoms with Crippen LogP contribution in [0.4, 0.5) is 0 Å². The molecule has 9 heteroatoms. The number of H-pyrrole nitrogens is 2. The number of benzene rings is 2. The average Bonchev–Trinajstić information content (AvgIpc) is 3.48. The van der Waals surface area contributed by atoms with E-state index in [0.29, 0.717) is 17.0 Å². The number of hydrogen-bond acceptors (Lipinski definition) is 6. The molecule has 2 N–H and O–H groups in total. The van der Waals surface area contributed by atoms with Crippen LogP contribution in [-0.2, 0) is 0 Å². The summed E-state index contributed by atoms with van der Waals surface area (Å²) in [6, 6.07) is 17.9. The summed E-state index contributed by atoms with van der Waals surface area (Å²) in [7, 11) is 0. The topological polar surface area (TPSA) is 91.7 Å². The smallest absolute Gasteiger partial charge is 0.260 e. The molecule has 0 spiro atoms. The van der Waals surface area contributed by atoms with Crippen LogP contribution in [0, 0.1) is 0 Å². The van der Waals surface area contributed by atoms with Crippen molar-refractivity contribution in [2.45, 2.75) is 17.3 Å². The van der Waals surface area contributed by atoms with E-state index in [1.807, 2.05) is 71.3 Å². The molecule has 1 atom stereocenters. The molecule has 0 saturated carbocycles. The van der Waals surface area contributed by atoms with Crippen LogP contribution < -0.4 is 5.56 Å². The van der Waals surface area contributed by atoms with Crippen LogP contribution in [0.2, 0.25) is 0 Å². The van der Waals surface area contributed by atoms with Crippen molar-refractivity contribution in [3.05, 3.63) is 76.2 Å². The Morgan fingerprint density at radius 1 is 1.06 bits per heavy atom. The van der Waals surface area contributed by atoms with Crippen molar-refractivity contribution < 1.29 is 0 Å². The third-order valence-electron chi connectivity index (χ3n) is 5.22. The molecule has 6 rings (SSSR count). The van der Waals surface area contributed by atoms with Crippen LogP contribution in [0.15, 0.2) is 69.9 Å². The van der Waals surface area contributed by atoms with Gasteiger partial charge in [0.25, 0.3) is 5.56 Å². The number of aromatic nitrogens is 6. The second kappa shape index (κ2) is 7.07. The maximum atomic E-state index is 13.0. The number of fused-ring (bicyclic) bond motifs is 4. The zero-order valence-corrected chi connectivity index (χ0v) is 18.0. The molecule has 0 saturated heterocycles. The summed E-state index contributed by atoms with van der Waals surface area (Å²) in [5, 5.41) is 10.7. The second-order valence-corrected chi connectivity index (χ2v) is 9.34. The van der Waals surface area contributed by atoms with Crippen molar-refractivity contribution in [3.63, 3.8) is 0 Å². The molecular formula is C22H16N6OS2. The Hall–Kier alpha value is -3.43. The van der Waals surface area contributed by atoms with Gasteiger partial charge in [-0.15, -0.1) is 16.4 Å². The molecule has 1 unspecified atom stereocenters. The molecule has 0 aliphatic heterocycles. The summed E-state index contributed by atoms with van der Waals surface area (Å²) in [4.78, 5) is 26.0. The number of rotatable bonds is 4. The first kappa shape index (κ1) is 18.3. The molecule has 31 heavy (non-hydrogen) atoms. The monoisotopic (exact) mass is 444 g/mol. The number of hydrogen-bond donors (Lipinski definition) is 2. The first-order chi connectivity index (χ1) is 15.2. The molecule has 0 amide bonds. The number of para-hydroxylation sites is 2. The fourth-order valence-corrected chi connectivity index (χ4v) is 5.61. The molecule has 0 aliphatic rings. The van der Waals surface area contributed by atoms with Gasteiger partial charge in [0.15, 0.2) is 5.16 Å². The fourth-order valence-electron chi connectivity index (χ4n) is 3.72. The Morgan fingerprint density at radius 3 is 2.74 bits per heavy atom. The Bertz CT molecular complexity index is 1610. The van der Waals surface area contributed by atoms with Gasteiger partial charge in [0.05, 0.1) is 21.7 Å². The van der Waals surface area contributed by atoms with Gasteiger partial charge >= 0.3 is 0 Å². The Labute approximate surface area is 184 Å². The minimum Gasteiger partial charge on any atom is -0.309 e.